The number of H-pyrrole nitrogens is 1. The van der Waals surface area contributed by atoms with E-state index in [1.807, 2.05) is 12.1 Å². The SMILES string of the molecule is CC(C)Cc1[nH]nc2ccc(C(=O)N3CCOCC(C(=O)O)C3)cc12. The average molecular weight is 345 g/mol. The van der Waals surface area contributed by atoms with Crippen LogP contribution in [0.2, 0.25) is 0 Å². The first-order valence-corrected chi connectivity index (χ1v) is 8.52. The van der Waals surface area contributed by atoms with Crippen molar-refractivity contribution in [3.63, 3.8) is 0 Å². The summed E-state index contributed by atoms with van der Waals surface area (Å²) < 4.78 is 5.32. The van der Waals surface area contributed by atoms with Crippen LogP contribution in [0.5, 0.6) is 0 Å². The van der Waals surface area contributed by atoms with Gasteiger partial charge in [0.15, 0.2) is 0 Å². The molecule has 7 nitrogen and oxygen atoms in total. The first-order valence-electron chi connectivity index (χ1n) is 8.52. The summed E-state index contributed by atoms with van der Waals surface area (Å²) in [6.45, 7) is 5.30. The monoisotopic (exact) mass is 345 g/mol. The normalized spacial score (nSPS) is 18.5. The van der Waals surface area contributed by atoms with Crippen molar-refractivity contribution >= 4 is 22.8 Å². The Hall–Kier alpha value is -2.41. The van der Waals surface area contributed by atoms with Gasteiger partial charge in [0.05, 0.1) is 24.6 Å². The molecular formula is C18H23N3O4. The zero-order chi connectivity index (χ0) is 18.0. The molecule has 134 valence electrons. The van der Waals surface area contributed by atoms with Gasteiger partial charge in [0.1, 0.15) is 0 Å². The van der Waals surface area contributed by atoms with Crippen molar-refractivity contribution in [2.45, 2.75) is 20.3 Å². The number of aliphatic carboxylic acids is 1. The Balaban J connectivity index is 1.86. The minimum atomic E-state index is -0.941. The summed E-state index contributed by atoms with van der Waals surface area (Å²) in [7, 11) is 0. The standard InChI is InChI=1S/C18H23N3O4/c1-11(2)7-16-14-8-12(3-4-15(14)19-20-16)17(22)21-5-6-25-10-13(9-21)18(23)24/h3-4,8,11,13H,5-7,9-10H2,1-2H3,(H,19,20)(H,23,24). The van der Waals surface area contributed by atoms with Crippen molar-refractivity contribution in [3.8, 4) is 0 Å². The maximum absolute atomic E-state index is 12.9. The highest BCUT2D eigenvalue weighted by Crippen LogP contribution is 2.22. The van der Waals surface area contributed by atoms with Crippen LogP contribution in [-0.4, -0.2) is 58.4 Å². The van der Waals surface area contributed by atoms with Crippen LogP contribution in [0.25, 0.3) is 10.9 Å². The Morgan fingerprint density at radius 3 is 2.96 bits per heavy atom. The Bertz CT molecular complexity index is 784. The van der Waals surface area contributed by atoms with Crippen LogP contribution in [-0.2, 0) is 16.0 Å². The summed E-state index contributed by atoms with van der Waals surface area (Å²) in [4.78, 5) is 25.7. The summed E-state index contributed by atoms with van der Waals surface area (Å²) in [6.07, 6.45) is 0.854. The van der Waals surface area contributed by atoms with Gasteiger partial charge in [-0.3, -0.25) is 14.7 Å². The fraction of sp³-hybridized carbons (Fsp3) is 0.500. The van der Waals surface area contributed by atoms with E-state index < -0.39 is 11.9 Å². The lowest BCUT2D eigenvalue weighted by Crippen LogP contribution is -2.38. The zero-order valence-electron chi connectivity index (χ0n) is 14.5. The van der Waals surface area contributed by atoms with Crippen molar-refractivity contribution in [3.05, 3.63) is 29.5 Å². The van der Waals surface area contributed by atoms with Gasteiger partial charge in [-0.1, -0.05) is 13.8 Å². The third-order valence-corrected chi connectivity index (χ3v) is 4.39. The van der Waals surface area contributed by atoms with Crippen molar-refractivity contribution < 1.29 is 19.4 Å². The van der Waals surface area contributed by atoms with E-state index in [1.165, 1.54) is 0 Å². The number of carboxylic acid groups (broad SMARTS) is 1. The van der Waals surface area contributed by atoms with E-state index in [2.05, 4.69) is 24.0 Å². The van der Waals surface area contributed by atoms with Crippen LogP contribution in [0.1, 0.15) is 29.9 Å². The van der Waals surface area contributed by atoms with E-state index >= 15 is 0 Å². The lowest BCUT2D eigenvalue weighted by molar-refractivity contribution is -0.143. The van der Waals surface area contributed by atoms with E-state index in [0.717, 1.165) is 23.0 Å². The number of hydrogen-bond acceptors (Lipinski definition) is 4. The molecule has 1 aliphatic rings. The van der Waals surface area contributed by atoms with Gasteiger partial charge < -0.3 is 14.7 Å². The molecule has 0 bridgehead atoms. The fourth-order valence-electron chi connectivity index (χ4n) is 3.09. The van der Waals surface area contributed by atoms with Crippen molar-refractivity contribution in [2.24, 2.45) is 11.8 Å². The molecule has 1 fully saturated rings. The largest absolute Gasteiger partial charge is 0.481 e. The van der Waals surface area contributed by atoms with Gasteiger partial charge in [-0.15, -0.1) is 0 Å². The van der Waals surface area contributed by atoms with Crippen LogP contribution in [0.4, 0.5) is 0 Å². The number of nitrogens with one attached hydrogen (secondary N) is 1. The van der Waals surface area contributed by atoms with Gasteiger partial charge in [-0.25, -0.2) is 0 Å². The van der Waals surface area contributed by atoms with E-state index in [-0.39, 0.29) is 19.1 Å². The van der Waals surface area contributed by atoms with Crippen LogP contribution >= 0.6 is 0 Å². The van der Waals surface area contributed by atoms with E-state index in [1.54, 1.807) is 11.0 Å². The van der Waals surface area contributed by atoms with Crippen LogP contribution < -0.4 is 0 Å². The van der Waals surface area contributed by atoms with Crippen molar-refractivity contribution in [1.29, 1.82) is 0 Å². The number of carboxylic acids is 1. The molecule has 1 atom stereocenters. The predicted molar refractivity (Wildman–Crippen MR) is 92.5 cm³/mol. The first-order chi connectivity index (χ1) is 12.0. The molecule has 0 aliphatic carbocycles. The fourth-order valence-corrected chi connectivity index (χ4v) is 3.09. The van der Waals surface area contributed by atoms with Crippen LogP contribution in [0.15, 0.2) is 18.2 Å². The molecule has 25 heavy (non-hydrogen) atoms. The molecular weight excluding hydrogens is 322 g/mol. The topological polar surface area (TPSA) is 95.5 Å². The van der Waals surface area contributed by atoms with Gasteiger partial charge in [0, 0.05) is 29.7 Å². The second-order valence-electron chi connectivity index (χ2n) is 6.89. The molecule has 7 heteroatoms. The molecule has 0 spiro atoms. The third kappa shape index (κ3) is 3.82. The summed E-state index contributed by atoms with van der Waals surface area (Å²) in [6, 6.07) is 5.42. The Labute approximate surface area is 146 Å². The maximum Gasteiger partial charge on any atom is 0.310 e. The average Bonchev–Trinajstić information content (AvgIpc) is 2.81. The Morgan fingerprint density at radius 2 is 2.24 bits per heavy atom. The number of ether oxygens (including phenoxy) is 1. The number of carbonyl (C=O) groups is 2. The Kier molecular flexibility index (Phi) is 5.03. The number of benzene rings is 1. The van der Waals surface area contributed by atoms with Crippen LogP contribution in [0, 0.1) is 11.8 Å². The van der Waals surface area contributed by atoms with Crippen molar-refractivity contribution in [1.82, 2.24) is 15.1 Å². The lowest BCUT2D eigenvalue weighted by Gasteiger charge is -2.22. The molecule has 0 radical (unpaired) electrons. The molecule has 1 aromatic carbocycles. The molecule has 1 saturated heterocycles. The van der Waals surface area contributed by atoms with E-state index in [9.17, 15) is 14.7 Å². The predicted octanol–water partition coefficient (Wildman–Crippen LogP) is 1.93. The highest BCUT2D eigenvalue weighted by molar-refractivity contribution is 5.98. The smallest absolute Gasteiger partial charge is 0.310 e. The number of nitrogens with zero attached hydrogens (tertiary/aromatic N) is 2. The molecule has 1 amide bonds. The highest BCUT2D eigenvalue weighted by atomic mass is 16.5. The third-order valence-electron chi connectivity index (χ3n) is 4.39. The summed E-state index contributed by atoms with van der Waals surface area (Å²) >= 11 is 0. The lowest BCUT2D eigenvalue weighted by atomic mass is 10.0. The molecule has 1 aliphatic heterocycles. The second-order valence-corrected chi connectivity index (χ2v) is 6.89. The zero-order valence-corrected chi connectivity index (χ0v) is 14.5. The molecule has 1 aromatic heterocycles. The summed E-state index contributed by atoms with van der Waals surface area (Å²) in [5, 5.41) is 17.5. The minimum absolute atomic E-state index is 0.137. The second kappa shape index (κ2) is 7.23. The number of hydrogen-bond donors (Lipinski definition) is 2. The number of rotatable bonds is 4. The molecule has 2 N–H and O–H groups in total. The minimum Gasteiger partial charge on any atom is -0.481 e. The number of aromatic nitrogens is 2. The molecule has 2 heterocycles. The Morgan fingerprint density at radius 1 is 1.44 bits per heavy atom. The van der Waals surface area contributed by atoms with Crippen molar-refractivity contribution in [2.75, 3.05) is 26.3 Å². The molecule has 3 rings (SSSR count). The summed E-state index contributed by atoms with van der Waals surface area (Å²) in [5.41, 5.74) is 2.39. The number of aromatic amines is 1. The van der Waals surface area contributed by atoms with Gasteiger partial charge in [-0.05, 0) is 30.5 Å². The highest BCUT2D eigenvalue weighted by Gasteiger charge is 2.28. The number of amides is 1. The molecule has 0 saturated carbocycles. The van der Waals surface area contributed by atoms with Gasteiger partial charge in [0.25, 0.3) is 5.91 Å². The van der Waals surface area contributed by atoms with E-state index in [0.29, 0.717) is 24.6 Å². The number of fused-ring (bicyclic) bond motifs is 1. The van der Waals surface area contributed by atoms with Crippen LogP contribution in [0.3, 0.4) is 0 Å². The maximum atomic E-state index is 12.9. The number of carbonyl (C=O) groups excluding carboxylic acids is 1. The quantitative estimate of drug-likeness (QED) is 0.883. The molecule has 2 aromatic rings. The van der Waals surface area contributed by atoms with Gasteiger partial charge >= 0.3 is 5.97 Å². The van der Waals surface area contributed by atoms with Gasteiger partial charge in [-0.2, -0.15) is 5.10 Å². The molecule has 1 unspecified atom stereocenters. The first kappa shape index (κ1) is 17.4. The van der Waals surface area contributed by atoms with Gasteiger partial charge in [0.2, 0.25) is 0 Å². The summed E-state index contributed by atoms with van der Waals surface area (Å²) in [5.74, 6) is -1.33. The van der Waals surface area contributed by atoms with E-state index in [4.69, 9.17) is 4.74 Å².